The monoisotopic (exact) mass is 442 g/mol. The Bertz CT molecular complexity index is 927. The van der Waals surface area contributed by atoms with Crippen molar-refractivity contribution in [1.29, 1.82) is 0 Å². The predicted molar refractivity (Wildman–Crippen MR) is 123 cm³/mol. The van der Waals surface area contributed by atoms with Gasteiger partial charge in [-0.25, -0.2) is 4.39 Å². The number of nitrogens with zero attached hydrogens (tertiary/aromatic N) is 1. The van der Waals surface area contributed by atoms with Gasteiger partial charge >= 0.3 is 0 Å². The third-order valence-corrected chi connectivity index (χ3v) is 5.25. The Balaban J connectivity index is 1.81. The van der Waals surface area contributed by atoms with Gasteiger partial charge in [-0.2, -0.15) is 0 Å². The van der Waals surface area contributed by atoms with Gasteiger partial charge in [0.05, 0.1) is 19.1 Å². The number of anilines is 1. The molecule has 0 heterocycles. The molecule has 0 aliphatic carbocycles. The topological polar surface area (TPSA) is 90.5 Å². The zero-order valence-electron chi connectivity index (χ0n) is 19.0. The lowest BCUT2D eigenvalue weighted by atomic mass is 10.1. The molecule has 1 atom stereocenters. The predicted octanol–water partition coefficient (Wildman–Crippen LogP) is 2.52. The number of rotatable bonds is 10. The van der Waals surface area contributed by atoms with Gasteiger partial charge < -0.3 is 16.0 Å². The number of benzene rings is 2. The average molecular weight is 443 g/mol. The summed E-state index contributed by atoms with van der Waals surface area (Å²) in [7, 11) is 0. The minimum atomic E-state index is -0.593. The zero-order chi connectivity index (χ0) is 23.7. The van der Waals surface area contributed by atoms with Crippen molar-refractivity contribution < 1.29 is 18.8 Å². The molecule has 0 aliphatic rings. The highest BCUT2D eigenvalue weighted by atomic mass is 19.1. The van der Waals surface area contributed by atoms with Gasteiger partial charge in [0.15, 0.2) is 0 Å². The fourth-order valence-corrected chi connectivity index (χ4v) is 3.24. The average Bonchev–Trinajstić information content (AvgIpc) is 2.77. The number of aryl methyl sites for hydroxylation is 2. The van der Waals surface area contributed by atoms with Crippen LogP contribution in [0.25, 0.3) is 0 Å². The maximum Gasteiger partial charge on any atom is 0.243 e. The van der Waals surface area contributed by atoms with Crippen LogP contribution in [0.15, 0.2) is 42.5 Å². The normalized spacial score (nSPS) is 11.7. The maximum absolute atomic E-state index is 13.0. The molecule has 7 nitrogen and oxygen atoms in total. The summed E-state index contributed by atoms with van der Waals surface area (Å²) in [6.07, 6.45) is 0. The summed E-state index contributed by atoms with van der Waals surface area (Å²) in [6, 6.07) is 11.0. The SMILES string of the molecule is CCN(CC(=O)NCc1ccc(F)cc1)C(C)C(=O)NCC(=O)Nc1c(C)cccc1C. The van der Waals surface area contributed by atoms with Crippen LogP contribution in [0.2, 0.25) is 0 Å². The molecule has 2 aromatic carbocycles. The van der Waals surface area contributed by atoms with E-state index in [9.17, 15) is 18.8 Å². The van der Waals surface area contributed by atoms with Crippen LogP contribution >= 0.6 is 0 Å². The molecule has 2 rings (SSSR count). The third kappa shape index (κ3) is 7.46. The van der Waals surface area contributed by atoms with E-state index in [1.807, 2.05) is 39.0 Å². The van der Waals surface area contributed by atoms with Gasteiger partial charge in [-0.1, -0.05) is 37.3 Å². The van der Waals surface area contributed by atoms with E-state index in [1.165, 1.54) is 12.1 Å². The lowest BCUT2D eigenvalue weighted by Crippen LogP contribution is -2.49. The molecule has 0 aliphatic heterocycles. The second-order valence-electron chi connectivity index (χ2n) is 7.68. The lowest BCUT2D eigenvalue weighted by molar-refractivity contribution is -0.130. The van der Waals surface area contributed by atoms with Crippen molar-refractivity contribution in [2.24, 2.45) is 0 Å². The molecule has 3 amide bonds. The number of amides is 3. The molecule has 2 aromatic rings. The minimum absolute atomic E-state index is 0.0287. The summed E-state index contributed by atoms with van der Waals surface area (Å²) in [5.74, 6) is -1.23. The van der Waals surface area contributed by atoms with Crippen molar-refractivity contribution in [2.75, 3.05) is 25.0 Å². The Labute approximate surface area is 188 Å². The Morgan fingerprint density at radius 1 is 0.969 bits per heavy atom. The van der Waals surface area contributed by atoms with Crippen molar-refractivity contribution in [1.82, 2.24) is 15.5 Å². The third-order valence-electron chi connectivity index (χ3n) is 5.25. The smallest absolute Gasteiger partial charge is 0.243 e. The number of hydrogen-bond acceptors (Lipinski definition) is 4. The maximum atomic E-state index is 13.0. The first kappa shape index (κ1) is 25.0. The van der Waals surface area contributed by atoms with Crippen molar-refractivity contribution in [3.63, 3.8) is 0 Å². The minimum Gasteiger partial charge on any atom is -0.351 e. The molecule has 3 N–H and O–H groups in total. The van der Waals surface area contributed by atoms with Crippen LogP contribution < -0.4 is 16.0 Å². The van der Waals surface area contributed by atoms with E-state index in [2.05, 4.69) is 16.0 Å². The van der Waals surface area contributed by atoms with Crippen molar-refractivity contribution in [2.45, 2.75) is 40.3 Å². The number of carbonyl (C=O) groups is 3. The molecule has 0 bridgehead atoms. The van der Waals surface area contributed by atoms with Gasteiger partial charge in [-0.15, -0.1) is 0 Å². The summed E-state index contributed by atoms with van der Waals surface area (Å²) in [4.78, 5) is 38.8. The Hall–Kier alpha value is -3.26. The second kappa shape index (κ2) is 12.0. The molecule has 0 radical (unpaired) electrons. The second-order valence-corrected chi connectivity index (χ2v) is 7.68. The zero-order valence-corrected chi connectivity index (χ0v) is 19.0. The van der Waals surface area contributed by atoms with Crippen LogP contribution in [0.5, 0.6) is 0 Å². The van der Waals surface area contributed by atoms with E-state index >= 15 is 0 Å². The fraction of sp³-hybridized carbons (Fsp3) is 0.375. The molecular formula is C24H31FN4O3. The molecule has 0 fully saturated rings. The van der Waals surface area contributed by atoms with Crippen molar-refractivity contribution >= 4 is 23.4 Å². The first-order chi connectivity index (χ1) is 15.2. The lowest BCUT2D eigenvalue weighted by Gasteiger charge is -2.26. The largest absolute Gasteiger partial charge is 0.351 e. The standard InChI is InChI=1S/C24H31FN4O3/c1-5-29(15-22(31)26-13-19-9-11-20(25)12-10-19)18(4)24(32)27-14-21(30)28-23-16(2)7-6-8-17(23)3/h6-12,18H,5,13-15H2,1-4H3,(H,26,31)(H,27,32)(H,28,30). The van der Waals surface area contributed by atoms with Gasteiger partial charge in [0, 0.05) is 12.2 Å². The van der Waals surface area contributed by atoms with Crippen LogP contribution in [0.3, 0.4) is 0 Å². The Kier molecular flexibility index (Phi) is 9.34. The number of carbonyl (C=O) groups excluding carboxylic acids is 3. The van der Waals surface area contributed by atoms with E-state index in [1.54, 1.807) is 24.0 Å². The highest BCUT2D eigenvalue weighted by Crippen LogP contribution is 2.19. The highest BCUT2D eigenvalue weighted by molar-refractivity contribution is 5.96. The quantitative estimate of drug-likeness (QED) is 0.527. The molecule has 0 spiro atoms. The van der Waals surface area contributed by atoms with Crippen LogP contribution in [0.1, 0.15) is 30.5 Å². The van der Waals surface area contributed by atoms with Crippen LogP contribution in [-0.4, -0.2) is 48.3 Å². The fourth-order valence-electron chi connectivity index (χ4n) is 3.24. The number of para-hydroxylation sites is 1. The van der Waals surface area contributed by atoms with E-state index in [0.717, 1.165) is 22.4 Å². The van der Waals surface area contributed by atoms with Crippen molar-refractivity contribution in [3.05, 3.63) is 65.0 Å². The molecule has 172 valence electrons. The highest BCUT2D eigenvalue weighted by Gasteiger charge is 2.22. The summed E-state index contributed by atoms with van der Waals surface area (Å²) in [5, 5.41) is 8.23. The van der Waals surface area contributed by atoms with E-state index in [-0.39, 0.29) is 43.2 Å². The van der Waals surface area contributed by atoms with Gasteiger partial charge in [0.1, 0.15) is 5.82 Å². The number of hydrogen-bond donors (Lipinski definition) is 3. The summed E-state index contributed by atoms with van der Waals surface area (Å²) in [6.45, 7) is 7.97. The molecule has 32 heavy (non-hydrogen) atoms. The van der Waals surface area contributed by atoms with Gasteiger partial charge in [-0.3, -0.25) is 19.3 Å². The number of halogens is 1. The molecule has 8 heteroatoms. The Morgan fingerprint density at radius 3 is 2.19 bits per heavy atom. The van der Waals surface area contributed by atoms with Crippen molar-refractivity contribution in [3.8, 4) is 0 Å². The molecule has 0 saturated heterocycles. The van der Waals surface area contributed by atoms with Crippen LogP contribution in [0, 0.1) is 19.7 Å². The summed E-state index contributed by atoms with van der Waals surface area (Å²) in [5.41, 5.74) is 3.42. The van der Waals surface area contributed by atoms with Gasteiger partial charge in [0.25, 0.3) is 0 Å². The van der Waals surface area contributed by atoms with Crippen LogP contribution in [0.4, 0.5) is 10.1 Å². The first-order valence-electron chi connectivity index (χ1n) is 10.6. The number of likely N-dealkylation sites (N-methyl/N-ethyl adjacent to an activating group) is 1. The molecular weight excluding hydrogens is 411 g/mol. The van der Waals surface area contributed by atoms with E-state index < -0.39 is 6.04 Å². The molecule has 1 unspecified atom stereocenters. The Morgan fingerprint density at radius 2 is 1.59 bits per heavy atom. The molecule has 0 aromatic heterocycles. The first-order valence-corrected chi connectivity index (χ1v) is 10.6. The van der Waals surface area contributed by atoms with Gasteiger partial charge in [0.2, 0.25) is 17.7 Å². The number of nitrogens with one attached hydrogen (secondary N) is 3. The summed E-state index contributed by atoms with van der Waals surface area (Å²) < 4.78 is 13.0. The molecule has 0 saturated carbocycles. The van der Waals surface area contributed by atoms with Gasteiger partial charge in [-0.05, 0) is 56.1 Å². The van der Waals surface area contributed by atoms with E-state index in [4.69, 9.17) is 0 Å². The van der Waals surface area contributed by atoms with E-state index in [0.29, 0.717) is 6.54 Å². The summed E-state index contributed by atoms with van der Waals surface area (Å²) >= 11 is 0. The van der Waals surface area contributed by atoms with Crippen LogP contribution in [-0.2, 0) is 20.9 Å².